The second kappa shape index (κ2) is 8.57. The number of fused-ring (bicyclic) bond motifs is 1. The van der Waals surface area contributed by atoms with Crippen LogP contribution in [0.15, 0.2) is 55.1 Å². The zero-order valence-electron chi connectivity index (χ0n) is 18.4. The molecule has 8 nitrogen and oxygen atoms in total. The summed E-state index contributed by atoms with van der Waals surface area (Å²) in [6.07, 6.45) is 2.39. The van der Waals surface area contributed by atoms with Gasteiger partial charge in [-0.2, -0.15) is 18.3 Å². The van der Waals surface area contributed by atoms with Crippen molar-refractivity contribution in [2.24, 2.45) is 0 Å². The van der Waals surface area contributed by atoms with E-state index in [1.165, 1.54) is 23.2 Å². The van der Waals surface area contributed by atoms with Crippen LogP contribution in [-0.2, 0) is 6.18 Å². The third-order valence-electron chi connectivity index (χ3n) is 6.31. The van der Waals surface area contributed by atoms with Crippen LogP contribution in [0.25, 0.3) is 33.2 Å². The van der Waals surface area contributed by atoms with Gasteiger partial charge in [-0.25, -0.2) is 9.78 Å². The summed E-state index contributed by atoms with van der Waals surface area (Å²) in [7, 11) is 0. The molecule has 0 spiro atoms. The molecule has 0 unspecified atom stereocenters. The van der Waals surface area contributed by atoms with Gasteiger partial charge in [0.05, 0.1) is 23.5 Å². The minimum atomic E-state index is -4.50. The summed E-state index contributed by atoms with van der Waals surface area (Å²) in [6.45, 7) is 0.882. The molecule has 1 aliphatic rings. The van der Waals surface area contributed by atoms with Crippen molar-refractivity contribution in [3.8, 4) is 22.4 Å². The molecule has 0 aliphatic carbocycles. The number of hydrogen-bond donors (Lipinski definition) is 2. The lowest BCUT2D eigenvalue weighted by Crippen LogP contribution is -2.38. The van der Waals surface area contributed by atoms with Crippen molar-refractivity contribution in [3.05, 3.63) is 60.7 Å². The Kier molecular flexibility index (Phi) is 5.54. The van der Waals surface area contributed by atoms with Crippen LogP contribution in [-0.4, -0.2) is 48.9 Å². The SMILES string of the molecule is Nc1ncc(-c2cnn(C3CCN(C(=O)O)CC3)c2)cc1-c1cc2c(C(F)(F)F)cccc2cn1. The number of nitrogens with zero attached hydrogens (tertiary/aromatic N) is 5. The van der Waals surface area contributed by atoms with Gasteiger partial charge in [-0.05, 0) is 36.4 Å². The molecule has 1 saturated heterocycles. The fourth-order valence-corrected chi connectivity index (χ4v) is 4.41. The molecule has 35 heavy (non-hydrogen) atoms. The predicted molar refractivity (Wildman–Crippen MR) is 123 cm³/mol. The van der Waals surface area contributed by atoms with E-state index in [1.807, 2.05) is 10.9 Å². The topological polar surface area (TPSA) is 110 Å². The number of nitrogens with two attached hydrogens (primary N) is 1. The molecule has 4 aromatic rings. The van der Waals surface area contributed by atoms with E-state index < -0.39 is 17.8 Å². The average molecular weight is 482 g/mol. The van der Waals surface area contributed by atoms with Crippen LogP contribution >= 0.6 is 0 Å². The number of anilines is 1. The number of rotatable bonds is 3. The van der Waals surface area contributed by atoms with Crippen LogP contribution in [0.3, 0.4) is 0 Å². The molecule has 1 aliphatic heterocycles. The van der Waals surface area contributed by atoms with Gasteiger partial charge in [0.2, 0.25) is 0 Å². The second-order valence-corrected chi connectivity index (χ2v) is 8.46. The number of alkyl halides is 3. The maximum atomic E-state index is 13.5. The summed E-state index contributed by atoms with van der Waals surface area (Å²) >= 11 is 0. The highest BCUT2D eigenvalue weighted by molar-refractivity contribution is 5.90. The number of nitrogen functional groups attached to an aromatic ring is 1. The van der Waals surface area contributed by atoms with Gasteiger partial charge in [-0.15, -0.1) is 0 Å². The van der Waals surface area contributed by atoms with Gasteiger partial charge in [0.25, 0.3) is 0 Å². The molecule has 3 N–H and O–H groups in total. The summed E-state index contributed by atoms with van der Waals surface area (Å²) < 4.78 is 42.4. The monoisotopic (exact) mass is 482 g/mol. The molecule has 11 heteroatoms. The lowest BCUT2D eigenvalue weighted by atomic mass is 10.0. The van der Waals surface area contributed by atoms with E-state index in [0.29, 0.717) is 42.4 Å². The Labute approximate surface area is 197 Å². The molecule has 0 saturated carbocycles. The smallest absolute Gasteiger partial charge is 0.417 e. The van der Waals surface area contributed by atoms with Crippen LogP contribution < -0.4 is 5.73 Å². The second-order valence-electron chi connectivity index (χ2n) is 8.46. The van der Waals surface area contributed by atoms with Crippen molar-refractivity contribution in [3.63, 3.8) is 0 Å². The summed E-state index contributed by atoms with van der Waals surface area (Å²) in [5.74, 6) is 0.151. The van der Waals surface area contributed by atoms with E-state index in [4.69, 9.17) is 10.8 Å². The van der Waals surface area contributed by atoms with Crippen LogP contribution in [0.2, 0.25) is 0 Å². The van der Waals surface area contributed by atoms with E-state index in [2.05, 4.69) is 15.1 Å². The highest BCUT2D eigenvalue weighted by Crippen LogP contribution is 2.37. The Balaban J connectivity index is 1.47. The van der Waals surface area contributed by atoms with Crippen molar-refractivity contribution in [2.75, 3.05) is 18.8 Å². The van der Waals surface area contributed by atoms with E-state index in [0.717, 1.165) is 11.6 Å². The number of amides is 1. The molecule has 4 heterocycles. The molecule has 0 radical (unpaired) electrons. The molecule has 180 valence electrons. The Morgan fingerprint density at radius 1 is 1.06 bits per heavy atom. The van der Waals surface area contributed by atoms with Gasteiger partial charge in [0.1, 0.15) is 5.82 Å². The number of pyridine rings is 2. The van der Waals surface area contributed by atoms with Crippen LogP contribution in [0, 0.1) is 0 Å². The van der Waals surface area contributed by atoms with Crippen molar-refractivity contribution in [2.45, 2.75) is 25.1 Å². The zero-order chi connectivity index (χ0) is 24.7. The number of aromatic nitrogens is 4. The molecule has 1 amide bonds. The average Bonchev–Trinajstić information content (AvgIpc) is 3.33. The highest BCUT2D eigenvalue weighted by Gasteiger charge is 2.32. The van der Waals surface area contributed by atoms with Crippen LogP contribution in [0.1, 0.15) is 24.4 Å². The van der Waals surface area contributed by atoms with Gasteiger partial charge in [-0.3, -0.25) is 9.67 Å². The largest absolute Gasteiger partial charge is 0.465 e. The Morgan fingerprint density at radius 3 is 2.54 bits per heavy atom. The van der Waals surface area contributed by atoms with Gasteiger partial charge in [0.15, 0.2) is 0 Å². The molecule has 5 rings (SSSR count). The van der Waals surface area contributed by atoms with Crippen molar-refractivity contribution < 1.29 is 23.1 Å². The van der Waals surface area contributed by atoms with Gasteiger partial charge in [0, 0.05) is 53.8 Å². The lowest BCUT2D eigenvalue weighted by Gasteiger charge is -2.30. The first-order valence-electron chi connectivity index (χ1n) is 10.9. The summed E-state index contributed by atoms with van der Waals surface area (Å²) in [4.78, 5) is 21.1. The third kappa shape index (κ3) is 4.36. The zero-order valence-corrected chi connectivity index (χ0v) is 18.4. The highest BCUT2D eigenvalue weighted by atomic mass is 19.4. The quantitative estimate of drug-likeness (QED) is 0.422. The summed E-state index contributed by atoms with van der Waals surface area (Å²) in [5.41, 5.74) is 7.50. The Morgan fingerprint density at radius 2 is 1.83 bits per heavy atom. The minimum absolute atomic E-state index is 0.0373. The first kappa shape index (κ1) is 22.6. The minimum Gasteiger partial charge on any atom is -0.465 e. The number of hydrogen-bond acceptors (Lipinski definition) is 5. The summed E-state index contributed by atoms with van der Waals surface area (Å²) in [5, 5.41) is 14.0. The molecule has 3 aromatic heterocycles. The molecule has 1 aromatic carbocycles. The molecular formula is C24H21F3N6O2. The van der Waals surface area contributed by atoms with Crippen molar-refractivity contribution in [1.82, 2.24) is 24.6 Å². The molecule has 1 fully saturated rings. The number of benzene rings is 1. The maximum Gasteiger partial charge on any atom is 0.417 e. The van der Waals surface area contributed by atoms with Crippen LogP contribution in [0.4, 0.5) is 23.8 Å². The molecule has 0 atom stereocenters. The van der Waals surface area contributed by atoms with E-state index >= 15 is 0 Å². The van der Waals surface area contributed by atoms with Crippen molar-refractivity contribution >= 4 is 22.7 Å². The van der Waals surface area contributed by atoms with Crippen LogP contribution in [0.5, 0.6) is 0 Å². The van der Waals surface area contributed by atoms with Gasteiger partial charge >= 0.3 is 12.3 Å². The van der Waals surface area contributed by atoms with E-state index in [1.54, 1.807) is 24.5 Å². The number of carbonyl (C=O) groups is 1. The fourth-order valence-electron chi connectivity index (χ4n) is 4.41. The number of halogens is 3. The van der Waals surface area contributed by atoms with Crippen molar-refractivity contribution in [1.29, 1.82) is 0 Å². The van der Waals surface area contributed by atoms with E-state index in [9.17, 15) is 18.0 Å². The maximum absolute atomic E-state index is 13.5. The first-order valence-corrected chi connectivity index (χ1v) is 10.9. The standard InChI is InChI=1S/C24H21F3N6O2/c25-24(26,27)20-3-1-2-14-10-29-21(9-18(14)20)19-8-15(11-30-22(19)28)16-12-31-33(13-16)17-4-6-32(7-5-17)23(34)35/h1-3,8-13,17H,4-7H2,(H2,28,30)(H,34,35). The third-order valence-corrected chi connectivity index (χ3v) is 6.31. The molecular weight excluding hydrogens is 461 g/mol. The first-order chi connectivity index (χ1) is 16.7. The number of likely N-dealkylation sites (tertiary alicyclic amines) is 1. The Hall–Kier alpha value is -4.15. The number of carboxylic acid groups (broad SMARTS) is 1. The molecule has 0 bridgehead atoms. The Bertz CT molecular complexity index is 1410. The number of piperidine rings is 1. The predicted octanol–water partition coefficient (Wildman–Crippen LogP) is 5.08. The summed E-state index contributed by atoms with van der Waals surface area (Å²) in [6, 6.07) is 7.17. The van der Waals surface area contributed by atoms with E-state index in [-0.39, 0.29) is 22.9 Å². The fraction of sp³-hybridized carbons (Fsp3) is 0.250. The van der Waals surface area contributed by atoms with Gasteiger partial charge < -0.3 is 15.7 Å². The lowest BCUT2D eigenvalue weighted by molar-refractivity contribution is -0.136. The van der Waals surface area contributed by atoms with Gasteiger partial charge in [-0.1, -0.05) is 12.1 Å². The normalized spacial score (nSPS) is 15.0.